The minimum atomic E-state index is -0.917. The van der Waals surface area contributed by atoms with Crippen molar-refractivity contribution in [2.75, 3.05) is 43.5 Å². The lowest BCUT2D eigenvalue weighted by Gasteiger charge is -2.31. The molecule has 12 heteroatoms. The Morgan fingerprint density at radius 3 is 2.49 bits per heavy atom. The number of fused-ring (bicyclic) bond motifs is 1. The van der Waals surface area contributed by atoms with Crippen molar-refractivity contribution in [2.45, 2.75) is 57.7 Å². The number of rotatable bonds is 7. The van der Waals surface area contributed by atoms with Crippen LogP contribution in [0.25, 0.3) is 10.9 Å². The van der Waals surface area contributed by atoms with Crippen LogP contribution in [-0.2, 0) is 4.74 Å². The zero-order valence-electron chi connectivity index (χ0n) is 22.6. The molecule has 2 aliphatic rings. The highest BCUT2D eigenvalue weighted by molar-refractivity contribution is 6.07. The van der Waals surface area contributed by atoms with Gasteiger partial charge in [-0.2, -0.15) is 4.98 Å². The van der Waals surface area contributed by atoms with Crippen LogP contribution < -0.4 is 15.5 Å². The molecular weight excluding hydrogens is 500 g/mol. The average Bonchev–Trinajstić information content (AvgIpc) is 3.33. The Labute approximate surface area is 227 Å². The molecule has 2 saturated heterocycles. The Balaban J connectivity index is 1.32. The van der Waals surface area contributed by atoms with Crippen molar-refractivity contribution in [2.24, 2.45) is 0 Å². The average molecular weight is 537 g/mol. The third-order valence-corrected chi connectivity index (χ3v) is 7.58. The van der Waals surface area contributed by atoms with E-state index in [2.05, 4.69) is 43.9 Å². The number of methoxy groups -OCH3 is 1. The summed E-state index contributed by atoms with van der Waals surface area (Å²) < 4.78 is 7.53. The van der Waals surface area contributed by atoms with Gasteiger partial charge in [-0.15, -0.1) is 0 Å². The maximum atomic E-state index is 13.3. The van der Waals surface area contributed by atoms with E-state index >= 15 is 0 Å². The monoisotopic (exact) mass is 536 g/mol. The number of amides is 2. The van der Waals surface area contributed by atoms with E-state index in [9.17, 15) is 14.7 Å². The molecule has 3 aromatic rings. The number of ether oxygens (including phenoxy) is 1. The van der Waals surface area contributed by atoms with Crippen LogP contribution in [0.1, 0.15) is 55.9 Å². The van der Waals surface area contributed by atoms with E-state index in [0.29, 0.717) is 49.1 Å². The second kappa shape index (κ2) is 11.4. The van der Waals surface area contributed by atoms with E-state index in [1.165, 1.54) is 4.90 Å². The first-order chi connectivity index (χ1) is 18.8. The van der Waals surface area contributed by atoms with Crippen molar-refractivity contribution in [3.8, 4) is 0 Å². The van der Waals surface area contributed by atoms with E-state index in [4.69, 9.17) is 9.72 Å². The molecule has 0 saturated carbocycles. The van der Waals surface area contributed by atoms with Crippen molar-refractivity contribution < 1.29 is 19.4 Å². The summed E-state index contributed by atoms with van der Waals surface area (Å²) >= 11 is 0. The molecule has 0 spiro atoms. The summed E-state index contributed by atoms with van der Waals surface area (Å²) in [4.78, 5) is 41.7. The molecule has 208 valence electrons. The lowest BCUT2D eigenvalue weighted by molar-refractivity contribution is 0.0816. The number of carboxylic acid groups (broad SMARTS) is 1. The zero-order chi connectivity index (χ0) is 27.5. The van der Waals surface area contributed by atoms with Crippen molar-refractivity contribution in [3.63, 3.8) is 0 Å². The topological polar surface area (TPSA) is 138 Å². The van der Waals surface area contributed by atoms with Crippen molar-refractivity contribution in [1.82, 2.24) is 29.7 Å². The smallest absolute Gasteiger partial charge is 0.407 e. The van der Waals surface area contributed by atoms with Gasteiger partial charge in [-0.1, -0.05) is 0 Å². The summed E-state index contributed by atoms with van der Waals surface area (Å²) in [5, 5.41) is 16.3. The fourth-order valence-electron chi connectivity index (χ4n) is 5.29. The lowest BCUT2D eigenvalue weighted by atomic mass is 10.0. The molecule has 3 aromatic heterocycles. The number of anilines is 3. The summed E-state index contributed by atoms with van der Waals surface area (Å²) in [6.45, 7) is 6.66. The van der Waals surface area contributed by atoms with Crippen LogP contribution in [0, 0.1) is 0 Å². The first-order valence-corrected chi connectivity index (χ1v) is 13.5. The Kier molecular flexibility index (Phi) is 7.82. The molecule has 12 nitrogen and oxygen atoms in total. The number of carbonyl (C=O) groups excluding carboxylic acids is 1. The zero-order valence-corrected chi connectivity index (χ0v) is 22.6. The van der Waals surface area contributed by atoms with Gasteiger partial charge in [0.2, 0.25) is 5.95 Å². The van der Waals surface area contributed by atoms with E-state index in [-0.39, 0.29) is 24.1 Å². The molecule has 2 aliphatic heterocycles. The maximum absolute atomic E-state index is 13.3. The standard InChI is InChI=1S/C27H36N8O4/c1-17(2)35-16-21(25(36)30-18-5-10-34(11-6-18)27(37)38)20-15-29-24(14-22(20)35)31-23-4-9-28-26(32-23)33-12-7-19(39-3)8-13-33/h4,9,14-19H,5-8,10-13H2,1-3H3,(H,30,36)(H,37,38)(H,28,29,31,32). The van der Waals surface area contributed by atoms with Gasteiger partial charge >= 0.3 is 6.09 Å². The van der Waals surface area contributed by atoms with Crippen LogP contribution in [0.3, 0.4) is 0 Å². The molecule has 0 radical (unpaired) electrons. The number of nitrogens with one attached hydrogen (secondary N) is 2. The summed E-state index contributed by atoms with van der Waals surface area (Å²) in [7, 11) is 1.75. The molecule has 5 heterocycles. The number of piperidine rings is 2. The number of pyridine rings is 1. The maximum Gasteiger partial charge on any atom is 0.407 e. The summed E-state index contributed by atoms with van der Waals surface area (Å²) in [6, 6.07) is 3.81. The summed E-state index contributed by atoms with van der Waals surface area (Å²) in [6.07, 6.45) is 7.78. The van der Waals surface area contributed by atoms with Crippen LogP contribution in [0.5, 0.6) is 0 Å². The van der Waals surface area contributed by atoms with Gasteiger partial charge in [0.05, 0.1) is 17.2 Å². The lowest BCUT2D eigenvalue weighted by Crippen LogP contribution is -2.46. The van der Waals surface area contributed by atoms with Gasteiger partial charge in [0.25, 0.3) is 5.91 Å². The fraction of sp³-hybridized carbons (Fsp3) is 0.519. The summed E-state index contributed by atoms with van der Waals surface area (Å²) in [5.41, 5.74) is 1.45. The van der Waals surface area contributed by atoms with Gasteiger partial charge in [0, 0.05) is 75.4 Å². The van der Waals surface area contributed by atoms with Crippen molar-refractivity contribution in [1.29, 1.82) is 0 Å². The molecule has 39 heavy (non-hydrogen) atoms. The molecule has 0 unspecified atom stereocenters. The van der Waals surface area contributed by atoms with E-state index in [1.54, 1.807) is 19.5 Å². The van der Waals surface area contributed by atoms with Crippen LogP contribution >= 0.6 is 0 Å². The molecule has 0 aromatic carbocycles. The molecular formula is C27H36N8O4. The second-order valence-corrected chi connectivity index (χ2v) is 10.4. The predicted molar refractivity (Wildman–Crippen MR) is 148 cm³/mol. The summed E-state index contributed by atoms with van der Waals surface area (Å²) in [5.74, 6) is 1.77. The predicted octanol–water partition coefficient (Wildman–Crippen LogP) is 3.64. The number of hydrogen-bond donors (Lipinski definition) is 3. The van der Waals surface area contributed by atoms with E-state index < -0.39 is 6.09 Å². The Morgan fingerprint density at radius 2 is 1.82 bits per heavy atom. The highest BCUT2D eigenvalue weighted by Gasteiger charge is 2.26. The molecule has 0 atom stereocenters. The van der Waals surface area contributed by atoms with Crippen LogP contribution in [0.15, 0.2) is 30.7 Å². The highest BCUT2D eigenvalue weighted by Crippen LogP contribution is 2.28. The number of nitrogens with zero attached hydrogens (tertiary/aromatic N) is 6. The number of aromatic nitrogens is 4. The molecule has 0 aliphatic carbocycles. The van der Waals surface area contributed by atoms with Gasteiger partial charge in [0.1, 0.15) is 11.6 Å². The Hall–Kier alpha value is -3.93. The van der Waals surface area contributed by atoms with Gasteiger partial charge in [-0.05, 0) is 45.6 Å². The third-order valence-electron chi connectivity index (χ3n) is 7.58. The van der Waals surface area contributed by atoms with Crippen LogP contribution in [-0.4, -0.2) is 87.0 Å². The van der Waals surface area contributed by atoms with Crippen LogP contribution in [0.4, 0.5) is 22.4 Å². The third kappa shape index (κ3) is 5.90. The van der Waals surface area contributed by atoms with Crippen molar-refractivity contribution in [3.05, 3.63) is 36.3 Å². The fourth-order valence-corrected chi connectivity index (χ4v) is 5.29. The molecule has 3 N–H and O–H groups in total. The first kappa shape index (κ1) is 26.7. The second-order valence-electron chi connectivity index (χ2n) is 10.4. The largest absolute Gasteiger partial charge is 0.465 e. The van der Waals surface area contributed by atoms with Gasteiger partial charge in [-0.3, -0.25) is 4.79 Å². The van der Waals surface area contributed by atoms with Gasteiger partial charge in [-0.25, -0.2) is 14.8 Å². The number of hydrogen-bond acceptors (Lipinski definition) is 8. The minimum Gasteiger partial charge on any atom is -0.465 e. The Morgan fingerprint density at radius 1 is 1.08 bits per heavy atom. The molecule has 5 rings (SSSR count). The molecule has 2 amide bonds. The molecule has 2 fully saturated rings. The Bertz CT molecular complexity index is 1330. The quantitative estimate of drug-likeness (QED) is 0.413. The van der Waals surface area contributed by atoms with E-state index in [0.717, 1.165) is 36.8 Å². The number of likely N-dealkylation sites (tertiary alicyclic amines) is 1. The minimum absolute atomic E-state index is 0.0632. The molecule has 0 bridgehead atoms. The van der Waals surface area contributed by atoms with Gasteiger partial charge < -0.3 is 34.8 Å². The van der Waals surface area contributed by atoms with Gasteiger partial charge in [0.15, 0.2) is 0 Å². The van der Waals surface area contributed by atoms with Crippen LogP contribution in [0.2, 0.25) is 0 Å². The number of carbonyl (C=O) groups is 2. The first-order valence-electron chi connectivity index (χ1n) is 13.5. The normalized spacial score (nSPS) is 17.1. The van der Waals surface area contributed by atoms with Crippen molar-refractivity contribution >= 4 is 40.5 Å². The highest BCUT2D eigenvalue weighted by atomic mass is 16.5. The van der Waals surface area contributed by atoms with E-state index in [1.807, 2.05) is 18.3 Å². The SMILES string of the molecule is COC1CCN(c2nccc(Nc3cc4c(cn3)c(C(=O)NC3CCN(C(=O)O)CC3)cn4C(C)C)n2)CC1.